The summed E-state index contributed by atoms with van der Waals surface area (Å²) in [5.41, 5.74) is -0.526. The van der Waals surface area contributed by atoms with Crippen molar-refractivity contribution in [1.82, 2.24) is 19.1 Å². The van der Waals surface area contributed by atoms with Crippen molar-refractivity contribution in [2.45, 2.75) is 57.9 Å². The van der Waals surface area contributed by atoms with E-state index in [1.165, 1.54) is 0 Å². The summed E-state index contributed by atoms with van der Waals surface area (Å²) in [6.45, 7) is 3.92. The molecule has 4 rings (SSSR count). The molecule has 1 saturated carbocycles. The first-order chi connectivity index (χ1) is 17.6. The predicted molar refractivity (Wildman–Crippen MR) is 134 cm³/mol. The van der Waals surface area contributed by atoms with Crippen molar-refractivity contribution in [3.05, 3.63) is 69.6 Å². The van der Waals surface area contributed by atoms with Gasteiger partial charge in [0.25, 0.3) is 5.56 Å². The standard InChI is InChI=1S/C26H33FN4O6/c1-26(2,8-10-37-21-6-4-3-5-17(21)19-12-28-15-29-19)7-9-30-24(35)18(27)13-31(25(30)36)20-11-16(14-32)22(33)23(20)34/h3-6,12-13,15-16,20,22-23,32-34H,7-11,14H2,1-2H3,(H,28,29)/t16-,20-,22-,23+/m1/s1. The number of nitrogens with one attached hydrogen (secondary N) is 1. The van der Waals surface area contributed by atoms with Gasteiger partial charge in [-0.2, -0.15) is 4.39 Å². The Balaban J connectivity index is 1.44. The summed E-state index contributed by atoms with van der Waals surface area (Å²) in [5, 5.41) is 29.9. The van der Waals surface area contributed by atoms with Gasteiger partial charge in [0.1, 0.15) is 11.9 Å². The van der Waals surface area contributed by atoms with E-state index in [9.17, 15) is 29.3 Å². The molecule has 2 aromatic heterocycles. The second kappa shape index (κ2) is 11.0. The van der Waals surface area contributed by atoms with Gasteiger partial charge in [0, 0.05) is 30.8 Å². The Kier molecular flexibility index (Phi) is 7.96. The Hall–Kier alpha value is -3.28. The van der Waals surface area contributed by atoms with E-state index < -0.39 is 41.2 Å². The van der Waals surface area contributed by atoms with Crippen LogP contribution in [0.25, 0.3) is 11.3 Å². The van der Waals surface area contributed by atoms with Crippen molar-refractivity contribution in [2.75, 3.05) is 13.2 Å². The number of halogens is 1. The summed E-state index contributed by atoms with van der Waals surface area (Å²) >= 11 is 0. The number of hydrogen-bond donors (Lipinski definition) is 4. The van der Waals surface area contributed by atoms with Gasteiger partial charge in [-0.3, -0.25) is 13.9 Å². The van der Waals surface area contributed by atoms with Gasteiger partial charge in [-0.1, -0.05) is 26.0 Å². The van der Waals surface area contributed by atoms with Crippen LogP contribution in [-0.4, -0.2) is 59.8 Å². The van der Waals surface area contributed by atoms with Gasteiger partial charge in [0.05, 0.1) is 37.0 Å². The van der Waals surface area contributed by atoms with E-state index in [1.807, 2.05) is 38.1 Å². The second-order valence-electron chi connectivity index (χ2n) is 10.3. The van der Waals surface area contributed by atoms with Crippen LogP contribution in [0.2, 0.25) is 0 Å². The number of rotatable bonds is 10. The fraction of sp³-hybridized carbons (Fsp3) is 0.500. The Morgan fingerprint density at radius 3 is 2.62 bits per heavy atom. The highest BCUT2D eigenvalue weighted by Crippen LogP contribution is 2.34. The lowest BCUT2D eigenvalue weighted by Gasteiger charge is -2.26. The summed E-state index contributed by atoms with van der Waals surface area (Å²) in [6.07, 6.45) is 2.62. The van der Waals surface area contributed by atoms with Crippen LogP contribution in [0.3, 0.4) is 0 Å². The number of aliphatic hydroxyl groups excluding tert-OH is 3. The van der Waals surface area contributed by atoms with Crippen LogP contribution in [-0.2, 0) is 6.54 Å². The molecule has 0 amide bonds. The van der Waals surface area contributed by atoms with Gasteiger partial charge >= 0.3 is 5.69 Å². The molecule has 0 bridgehead atoms. The van der Waals surface area contributed by atoms with E-state index in [2.05, 4.69) is 9.97 Å². The van der Waals surface area contributed by atoms with Crippen LogP contribution < -0.4 is 16.0 Å². The third kappa shape index (κ3) is 5.68. The van der Waals surface area contributed by atoms with E-state index >= 15 is 0 Å². The van der Waals surface area contributed by atoms with Gasteiger partial charge in [-0.15, -0.1) is 0 Å². The molecular formula is C26H33FN4O6. The molecule has 200 valence electrons. The minimum absolute atomic E-state index is 0.0267. The lowest BCUT2D eigenvalue weighted by Crippen LogP contribution is -2.45. The molecule has 0 radical (unpaired) electrons. The van der Waals surface area contributed by atoms with Crippen molar-refractivity contribution in [3.63, 3.8) is 0 Å². The topological polar surface area (TPSA) is 143 Å². The molecule has 3 aromatic rings. The third-order valence-electron chi connectivity index (χ3n) is 7.23. The normalized spacial score (nSPS) is 21.9. The van der Waals surface area contributed by atoms with Crippen LogP contribution in [0.1, 0.15) is 39.2 Å². The summed E-state index contributed by atoms with van der Waals surface area (Å²) in [6, 6.07) is 6.61. The smallest absolute Gasteiger partial charge is 0.331 e. The summed E-state index contributed by atoms with van der Waals surface area (Å²) in [7, 11) is 0. The summed E-state index contributed by atoms with van der Waals surface area (Å²) in [4.78, 5) is 32.8. The van der Waals surface area contributed by atoms with Gasteiger partial charge < -0.3 is 25.0 Å². The van der Waals surface area contributed by atoms with E-state index in [4.69, 9.17) is 4.74 Å². The fourth-order valence-electron chi connectivity index (χ4n) is 4.77. The number of imidazole rings is 1. The molecule has 11 heteroatoms. The van der Waals surface area contributed by atoms with Gasteiger partial charge in [0.2, 0.25) is 5.82 Å². The molecule has 4 N–H and O–H groups in total. The number of H-pyrrole nitrogens is 1. The molecule has 0 saturated heterocycles. The Labute approximate surface area is 213 Å². The van der Waals surface area contributed by atoms with Crippen LogP contribution in [0.5, 0.6) is 5.75 Å². The first-order valence-corrected chi connectivity index (χ1v) is 12.3. The maximum absolute atomic E-state index is 14.5. The van der Waals surface area contributed by atoms with Crippen LogP contribution in [0.15, 0.2) is 52.6 Å². The molecule has 0 aliphatic heterocycles. The zero-order valence-electron chi connectivity index (χ0n) is 20.9. The van der Waals surface area contributed by atoms with E-state index in [0.29, 0.717) is 25.2 Å². The average Bonchev–Trinajstić information content (AvgIpc) is 3.50. The van der Waals surface area contributed by atoms with Crippen molar-refractivity contribution in [1.29, 1.82) is 0 Å². The monoisotopic (exact) mass is 516 g/mol. The first-order valence-electron chi connectivity index (χ1n) is 12.3. The number of aliphatic hydroxyl groups is 3. The Bertz CT molecular complexity index is 1320. The minimum atomic E-state index is -1.36. The quantitative estimate of drug-likeness (QED) is 0.321. The van der Waals surface area contributed by atoms with Crippen molar-refractivity contribution in [3.8, 4) is 17.0 Å². The maximum atomic E-state index is 14.5. The highest BCUT2D eigenvalue weighted by atomic mass is 19.1. The summed E-state index contributed by atoms with van der Waals surface area (Å²) < 4.78 is 22.3. The average molecular weight is 517 g/mol. The largest absolute Gasteiger partial charge is 0.493 e. The molecule has 4 atom stereocenters. The lowest BCUT2D eigenvalue weighted by molar-refractivity contribution is -0.00484. The zero-order chi connectivity index (χ0) is 26.7. The number of hydrogen-bond acceptors (Lipinski definition) is 7. The number of para-hydroxylation sites is 1. The number of aromatic amines is 1. The van der Waals surface area contributed by atoms with E-state index in [-0.39, 0.29) is 25.0 Å². The van der Waals surface area contributed by atoms with Crippen LogP contribution in [0.4, 0.5) is 4.39 Å². The van der Waals surface area contributed by atoms with Gasteiger partial charge in [0.15, 0.2) is 0 Å². The zero-order valence-corrected chi connectivity index (χ0v) is 20.9. The summed E-state index contributed by atoms with van der Waals surface area (Å²) in [5.74, 6) is -1.08. The first kappa shape index (κ1) is 26.8. The van der Waals surface area contributed by atoms with Gasteiger partial charge in [-0.25, -0.2) is 9.78 Å². The van der Waals surface area contributed by atoms with Gasteiger partial charge in [-0.05, 0) is 36.8 Å². The number of ether oxygens (including phenoxy) is 1. The van der Waals surface area contributed by atoms with Crippen LogP contribution >= 0.6 is 0 Å². The predicted octanol–water partition coefficient (Wildman–Crippen LogP) is 1.70. The lowest BCUT2D eigenvalue weighted by atomic mass is 9.86. The SMILES string of the molecule is CC(C)(CCOc1ccccc1-c1c[nH]cn1)CCn1c(=O)c(F)cn([C@@H]2C[C@H](CO)[C@@H](O)[C@H]2O)c1=O. The molecule has 0 spiro atoms. The van der Waals surface area contributed by atoms with Crippen molar-refractivity contribution < 1.29 is 24.4 Å². The fourth-order valence-corrected chi connectivity index (χ4v) is 4.77. The molecule has 0 unspecified atom stereocenters. The van der Waals surface area contributed by atoms with Crippen LogP contribution in [0, 0.1) is 17.2 Å². The Morgan fingerprint density at radius 2 is 1.95 bits per heavy atom. The molecule has 37 heavy (non-hydrogen) atoms. The van der Waals surface area contributed by atoms with Crippen molar-refractivity contribution in [2.24, 2.45) is 11.3 Å². The molecule has 1 aromatic carbocycles. The molecule has 1 aliphatic carbocycles. The molecule has 2 heterocycles. The van der Waals surface area contributed by atoms with E-state index in [0.717, 1.165) is 26.6 Å². The van der Waals surface area contributed by atoms with E-state index in [1.54, 1.807) is 12.5 Å². The molecule has 1 fully saturated rings. The highest BCUT2D eigenvalue weighted by molar-refractivity contribution is 5.66. The molecule has 10 nitrogen and oxygen atoms in total. The molecule has 1 aliphatic rings. The minimum Gasteiger partial charge on any atom is -0.493 e. The second-order valence-corrected chi connectivity index (χ2v) is 10.3. The highest BCUT2D eigenvalue weighted by Gasteiger charge is 2.42. The Morgan fingerprint density at radius 1 is 1.19 bits per heavy atom. The molecular weight excluding hydrogens is 483 g/mol. The number of benzene rings is 1. The number of aromatic nitrogens is 4. The van der Waals surface area contributed by atoms with Crippen molar-refractivity contribution >= 4 is 0 Å². The number of nitrogens with zero attached hydrogens (tertiary/aromatic N) is 3. The third-order valence-corrected chi connectivity index (χ3v) is 7.23. The maximum Gasteiger partial charge on any atom is 0.331 e.